The minimum absolute atomic E-state index is 0.0119. The smallest absolute Gasteiger partial charge is 0.266 e. The number of halogens is 2. The molecule has 0 atom stereocenters. The Morgan fingerprint density at radius 3 is 2.61 bits per heavy atom. The molecule has 4 aromatic rings. The molecule has 33 heavy (non-hydrogen) atoms. The molecular formula is C27H18ClFN2O2. The van der Waals surface area contributed by atoms with Gasteiger partial charge < -0.3 is 10.1 Å². The first-order valence-corrected chi connectivity index (χ1v) is 10.5. The van der Waals surface area contributed by atoms with Crippen LogP contribution in [0.5, 0.6) is 5.75 Å². The number of rotatable bonds is 6. The molecule has 0 aliphatic carbocycles. The Labute approximate surface area is 195 Å². The van der Waals surface area contributed by atoms with Crippen LogP contribution in [-0.4, -0.2) is 5.91 Å². The lowest BCUT2D eigenvalue weighted by atomic mass is 10.1. The van der Waals surface area contributed by atoms with E-state index in [1.807, 2.05) is 48.5 Å². The van der Waals surface area contributed by atoms with Gasteiger partial charge in [0.2, 0.25) is 0 Å². The van der Waals surface area contributed by atoms with Gasteiger partial charge in [-0.3, -0.25) is 4.79 Å². The molecule has 6 heteroatoms. The molecule has 4 aromatic carbocycles. The Balaban J connectivity index is 1.60. The number of fused-ring (bicyclic) bond motifs is 1. The quantitative estimate of drug-likeness (QED) is 0.257. The summed E-state index contributed by atoms with van der Waals surface area (Å²) in [7, 11) is 0. The number of carbonyl (C=O) groups excluding carboxylic acids is 1. The third-order valence-corrected chi connectivity index (χ3v) is 5.26. The SMILES string of the molecule is N#C/C(=C\c1cc(Cl)ccc1OCc1cccc2ccccc12)C(=O)Nc1ccccc1F. The Hall–Kier alpha value is -4.14. The van der Waals surface area contributed by atoms with Gasteiger partial charge in [0, 0.05) is 10.6 Å². The van der Waals surface area contributed by atoms with Crippen molar-refractivity contribution in [2.45, 2.75) is 6.61 Å². The highest BCUT2D eigenvalue weighted by molar-refractivity contribution is 6.30. The van der Waals surface area contributed by atoms with Crippen LogP contribution in [0.1, 0.15) is 11.1 Å². The molecule has 162 valence electrons. The fraction of sp³-hybridized carbons (Fsp3) is 0.0370. The van der Waals surface area contributed by atoms with E-state index in [4.69, 9.17) is 16.3 Å². The van der Waals surface area contributed by atoms with Crippen molar-refractivity contribution in [3.05, 3.63) is 112 Å². The van der Waals surface area contributed by atoms with Gasteiger partial charge in [-0.25, -0.2) is 4.39 Å². The molecule has 0 saturated heterocycles. The van der Waals surface area contributed by atoms with Gasteiger partial charge in [-0.05, 0) is 52.7 Å². The van der Waals surface area contributed by atoms with Crippen molar-refractivity contribution in [1.29, 1.82) is 5.26 Å². The molecule has 0 heterocycles. The zero-order valence-electron chi connectivity index (χ0n) is 17.4. The van der Waals surface area contributed by atoms with Crippen LogP contribution in [0.15, 0.2) is 90.5 Å². The van der Waals surface area contributed by atoms with Gasteiger partial charge in [0.05, 0.1) is 5.69 Å². The summed E-state index contributed by atoms with van der Waals surface area (Å²) in [5.74, 6) is -0.869. The maximum absolute atomic E-state index is 13.9. The van der Waals surface area contributed by atoms with Gasteiger partial charge in [0.15, 0.2) is 0 Å². The zero-order chi connectivity index (χ0) is 23.2. The van der Waals surface area contributed by atoms with E-state index in [2.05, 4.69) is 5.32 Å². The number of amides is 1. The predicted molar refractivity (Wildman–Crippen MR) is 128 cm³/mol. The van der Waals surface area contributed by atoms with E-state index >= 15 is 0 Å². The summed E-state index contributed by atoms with van der Waals surface area (Å²) in [6, 6.07) is 26.5. The van der Waals surface area contributed by atoms with Crippen LogP contribution in [-0.2, 0) is 11.4 Å². The largest absolute Gasteiger partial charge is 0.488 e. The second-order valence-corrected chi connectivity index (χ2v) is 7.65. The lowest BCUT2D eigenvalue weighted by molar-refractivity contribution is -0.112. The molecule has 0 radical (unpaired) electrons. The van der Waals surface area contributed by atoms with Crippen LogP contribution >= 0.6 is 11.6 Å². The molecule has 0 bridgehead atoms. The molecule has 0 saturated carbocycles. The summed E-state index contributed by atoms with van der Waals surface area (Å²) in [5, 5.41) is 14.6. The standard InChI is InChI=1S/C27H18ClFN2O2/c28-22-12-13-26(33-17-19-8-5-7-18-6-1-2-9-23(18)19)20(15-22)14-21(16-30)27(32)31-25-11-4-3-10-24(25)29/h1-15H,17H2,(H,31,32)/b21-14+. The number of anilines is 1. The number of ether oxygens (including phenoxy) is 1. The maximum atomic E-state index is 13.9. The molecule has 0 fully saturated rings. The van der Waals surface area contributed by atoms with E-state index in [9.17, 15) is 14.4 Å². The third kappa shape index (κ3) is 5.20. The highest BCUT2D eigenvalue weighted by Gasteiger charge is 2.14. The number of carbonyl (C=O) groups is 1. The fourth-order valence-electron chi connectivity index (χ4n) is 3.39. The number of nitrogens with zero attached hydrogens (tertiary/aromatic N) is 1. The first kappa shape index (κ1) is 22.1. The van der Waals surface area contributed by atoms with Crippen LogP contribution in [0, 0.1) is 17.1 Å². The molecule has 0 aliphatic heterocycles. The Kier molecular flexibility index (Phi) is 6.68. The van der Waals surface area contributed by atoms with E-state index in [0.717, 1.165) is 16.3 Å². The monoisotopic (exact) mass is 456 g/mol. The van der Waals surface area contributed by atoms with Crippen LogP contribution in [0.25, 0.3) is 16.8 Å². The van der Waals surface area contributed by atoms with Gasteiger partial charge in [-0.2, -0.15) is 5.26 Å². The predicted octanol–water partition coefficient (Wildman–Crippen LogP) is 6.76. The molecule has 0 spiro atoms. The first-order chi connectivity index (χ1) is 16.0. The minimum Gasteiger partial charge on any atom is -0.488 e. The summed E-state index contributed by atoms with van der Waals surface area (Å²) in [6.07, 6.45) is 1.38. The summed E-state index contributed by atoms with van der Waals surface area (Å²) in [6.45, 7) is 0.285. The van der Waals surface area contributed by atoms with Crippen LogP contribution in [0.2, 0.25) is 5.02 Å². The molecular weight excluding hydrogens is 439 g/mol. The topological polar surface area (TPSA) is 62.1 Å². The minimum atomic E-state index is -0.734. The first-order valence-electron chi connectivity index (χ1n) is 10.1. The molecule has 4 nitrogen and oxygen atoms in total. The lowest BCUT2D eigenvalue weighted by Crippen LogP contribution is -2.14. The molecule has 0 unspecified atom stereocenters. The second-order valence-electron chi connectivity index (χ2n) is 7.21. The van der Waals surface area contributed by atoms with Crippen molar-refractivity contribution < 1.29 is 13.9 Å². The maximum Gasteiger partial charge on any atom is 0.266 e. The highest BCUT2D eigenvalue weighted by Crippen LogP contribution is 2.28. The Morgan fingerprint density at radius 2 is 1.79 bits per heavy atom. The lowest BCUT2D eigenvalue weighted by Gasteiger charge is -2.12. The molecule has 1 amide bonds. The molecule has 4 rings (SSSR count). The van der Waals surface area contributed by atoms with Crippen LogP contribution in [0.3, 0.4) is 0 Å². The van der Waals surface area contributed by atoms with Crippen molar-refractivity contribution in [2.75, 3.05) is 5.32 Å². The van der Waals surface area contributed by atoms with Crippen molar-refractivity contribution in [2.24, 2.45) is 0 Å². The van der Waals surface area contributed by atoms with Gasteiger partial charge in [0.1, 0.15) is 29.8 Å². The second kappa shape index (κ2) is 9.99. The molecule has 0 aliphatic rings. The Morgan fingerprint density at radius 1 is 1.03 bits per heavy atom. The van der Waals surface area contributed by atoms with Crippen LogP contribution in [0.4, 0.5) is 10.1 Å². The van der Waals surface area contributed by atoms with E-state index < -0.39 is 11.7 Å². The Bertz CT molecular complexity index is 1400. The number of hydrogen-bond donors (Lipinski definition) is 1. The van der Waals surface area contributed by atoms with Crippen molar-refractivity contribution in [3.8, 4) is 11.8 Å². The van der Waals surface area contributed by atoms with E-state index in [1.165, 1.54) is 24.3 Å². The van der Waals surface area contributed by atoms with Crippen molar-refractivity contribution >= 4 is 40.0 Å². The normalized spacial score (nSPS) is 11.1. The number of benzene rings is 4. The fourth-order valence-corrected chi connectivity index (χ4v) is 3.57. The van der Waals surface area contributed by atoms with Gasteiger partial charge in [0.25, 0.3) is 5.91 Å². The summed E-state index contributed by atoms with van der Waals surface area (Å²) in [4.78, 5) is 12.6. The average molecular weight is 457 g/mol. The number of nitriles is 1. The summed E-state index contributed by atoms with van der Waals surface area (Å²) < 4.78 is 19.9. The number of nitrogens with one attached hydrogen (secondary N) is 1. The van der Waals surface area contributed by atoms with E-state index in [0.29, 0.717) is 16.3 Å². The third-order valence-electron chi connectivity index (χ3n) is 5.02. The van der Waals surface area contributed by atoms with Crippen molar-refractivity contribution in [1.82, 2.24) is 0 Å². The average Bonchev–Trinajstić information content (AvgIpc) is 2.83. The van der Waals surface area contributed by atoms with Crippen LogP contribution < -0.4 is 10.1 Å². The highest BCUT2D eigenvalue weighted by atomic mass is 35.5. The van der Waals surface area contributed by atoms with Gasteiger partial charge in [-0.15, -0.1) is 0 Å². The van der Waals surface area contributed by atoms with E-state index in [1.54, 1.807) is 24.3 Å². The molecule has 0 aromatic heterocycles. The number of hydrogen-bond acceptors (Lipinski definition) is 3. The van der Waals surface area contributed by atoms with Gasteiger partial charge in [-0.1, -0.05) is 66.2 Å². The van der Waals surface area contributed by atoms with E-state index in [-0.39, 0.29) is 17.9 Å². The molecule has 1 N–H and O–H groups in total. The van der Waals surface area contributed by atoms with Crippen molar-refractivity contribution in [3.63, 3.8) is 0 Å². The van der Waals surface area contributed by atoms with Gasteiger partial charge >= 0.3 is 0 Å². The number of para-hydroxylation sites is 1. The summed E-state index contributed by atoms with van der Waals surface area (Å²) in [5.41, 5.74) is 1.23. The summed E-state index contributed by atoms with van der Waals surface area (Å²) >= 11 is 6.15. The zero-order valence-corrected chi connectivity index (χ0v) is 18.1.